The van der Waals surface area contributed by atoms with Gasteiger partial charge in [0.15, 0.2) is 0 Å². The van der Waals surface area contributed by atoms with Gasteiger partial charge in [-0.25, -0.2) is 4.79 Å². The summed E-state index contributed by atoms with van der Waals surface area (Å²) in [6, 6.07) is 9.91. The standard InChI is InChI=1S/C21H29NO6/c1-25-19-17(28-13-14-7-5-4-6-8-14)11-15-12-22(21(24)27-3)10-9-16(15)18(19)20(23)26-2/h4-8,15-19H,9-13H2,1-3H3/t15-,16+,17-,18+,19+/m1/s1. The highest BCUT2D eigenvalue weighted by Gasteiger charge is 2.51. The first-order chi connectivity index (χ1) is 13.6. The van der Waals surface area contributed by atoms with E-state index in [4.69, 9.17) is 18.9 Å². The molecule has 1 aromatic rings. The highest BCUT2D eigenvalue weighted by molar-refractivity contribution is 5.74. The number of amides is 1. The molecule has 0 spiro atoms. The molecule has 28 heavy (non-hydrogen) atoms. The SMILES string of the molecule is COC(=O)[C@H]1[C@H]2CCN(C(=O)OC)C[C@H]2C[C@@H](OCc2ccccc2)[C@@H]1OC. The lowest BCUT2D eigenvalue weighted by Crippen LogP contribution is -2.57. The molecule has 1 amide bonds. The molecule has 0 N–H and O–H groups in total. The fourth-order valence-corrected chi connectivity index (χ4v) is 4.66. The van der Waals surface area contributed by atoms with Crippen molar-refractivity contribution >= 4 is 12.1 Å². The average Bonchev–Trinajstić information content (AvgIpc) is 2.75. The third-order valence-corrected chi connectivity index (χ3v) is 5.99. The number of carbonyl (C=O) groups excluding carboxylic acids is 2. The maximum absolute atomic E-state index is 12.6. The van der Waals surface area contributed by atoms with Gasteiger partial charge in [-0.3, -0.25) is 4.79 Å². The second kappa shape index (κ2) is 9.39. The van der Waals surface area contributed by atoms with Crippen LogP contribution in [0.3, 0.4) is 0 Å². The zero-order chi connectivity index (χ0) is 20.1. The Kier molecular flexibility index (Phi) is 6.91. The Morgan fingerprint density at radius 2 is 1.86 bits per heavy atom. The van der Waals surface area contributed by atoms with Gasteiger partial charge < -0.3 is 23.8 Å². The summed E-state index contributed by atoms with van der Waals surface area (Å²) in [6.07, 6.45) is 0.473. The Hall–Kier alpha value is -2.12. The van der Waals surface area contributed by atoms with Crippen LogP contribution in [0.25, 0.3) is 0 Å². The van der Waals surface area contributed by atoms with Crippen LogP contribution < -0.4 is 0 Å². The van der Waals surface area contributed by atoms with Crippen molar-refractivity contribution in [1.29, 1.82) is 0 Å². The van der Waals surface area contributed by atoms with Crippen molar-refractivity contribution in [1.82, 2.24) is 4.90 Å². The summed E-state index contributed by atoms with van der Waals surface area (Å²) in [5.41, 5.74) is 1.06. The van der Waals surface area contributed by atoms with Gasteiger partial charge in [0.05, 0.1) is 39.0 Å². The number of fused-ring (bicyclic) bond motifs is 1. The maximum atomic E-state index is 12.6. The summed E-state index contributed by atoms with van der Waals surface area (Å²) in [4.78, 5) is 26.3. The third kappa shape index (κ3) is 4.31. The Bertz CT molecular complexity index is 666. The number of methoxy groups -OCH3 is 3. The number of esters is 1. The molecule has 7 heteroatoms. The number of benzene rings is 1. The Morgan fingerprint density at radius 3 is 2.50 bits per heavy atom. The van der Waals surface area contributed by atoms with Crippen LogP contribution in [-0.4, -0.2) is 63.6 Å². The number of hydrogen-bond acceptors (Lipinski definition) is 6. The first kappa shape index (κ1) is 20.6. The van der Waals surface area contributed by atoms with Gasteiger partial charge in [-0.2, -0.15) is 0 Å². The van der Waals surface area contributed by atoms with Gasteiger partial charge in [0.2, 0.25) is 0 Å². The smallest absolute Gasteiger partial charge is 0.409 e. The third-order valence-electron chi connectivity index (χ3n) is 5.99. The number of rotatable bonds is 5. The minimum Gasteiger partial charge on any atom is -0.469 e. The summed E-state index contributed by atoms with van der Waals surface area (Å²) >= 11 is 0. The number of nitrogens with zero attached hydrogens (tertiary/aromatic N) is 1. The van der Waals surface area contributed by atoms with E-state index in [2.05, 4.69) is 0 Å². The molecule has 1 aliphatic carbocycles. The van der Waals surface area contributed by atoms with E-state index in [-0.39, 0.29) is 36.1 Å². The fraction of sp³-hybridized carbons (Fsp3) is 0.619. The zero-order valence-electron chi connectivity index (χ0n) is 16.7. The molecule has 0 unspecified atom stereocenters. The van der Waals surface area contributed by atoms with E-state index >= 15 is 0 Å². The predicted octanol–water partition coefficient (Wildman–Crippen LogP) is 2.48. The fourth-order valence-electron chi connectivity index (χ4n) is 4.66. The number of carbonyl (C=O) groups is 2. The molecule has 0 bridgehead atoms. The lowest BCUT2D eigenvalue weighted by Gasteiger charge is -2.49. The van der Waals surface area contributed by atoms with Crippen molar-refractivity contribution in [2.75, 3.05) is 34.4 Å². The Balaban J connectivity index is 1.78. The van der Waals surface area contributed by atoms with Crippen molar-refractivity contribution in [3.63, 3.8) is 0 Å². The molecular weight excluding hydrogens is 362 g/mol. The van der Waals surface area contributed by atoms with Crippen molar-refractivity contribution in [3.8, 4) is 0 Å². The first-order valence-corrected chi connectivity index (χ1v) is 9.68. The van der Waals surface area contributed by atoms with Crippen LogP contribution in [0.2, 0.25) is 0 Å². The van der Waals surface area contributed by atoms with Gasteiger partial charge in [-0.1, -0.05) is 30.3 Å². The van der Waals surface area contributed by atoms with Crippen molar-refractivity contribution in [2.24, 2.45) is 17.8 Å². The van der Waals surface area contributed by atoms with Gasteiger partial charge in [-0.15, -0.1) is 0 Å². The molecule has 1 aromatic carbocycles. The van der Waals surface area contributed by atoms with E-state index in [9.17, 15) is 9.59 Å². The highest BCUT2D eigenvalue weighted by Crippen LogP contribution is 2.43. The molecule has 1 saturated heterocycles. The highest BCUT2D eigenvalue weighted by atomic mass is 16.6. The summed E-state index contributed by atoms with van der Waals surface area (Å²) < 4.78 is 21.9. The molecule has 0 radical (unpaired) electrons. The van der Waals surface area contributed by atoms with E-state index in [1.54, 1.807) is 12.0 Å². The molecule has 0 aromatic heterocycles. The van der Waals surface area contributed by atoms with Crippen molar-refractivity contribution < 1.29 is 28.5 Å². The number of ether oxygens (including phenoxy) is 4. The van der Waals surface area contributed by atoms with Crippen molar-refractivity contribution in [2.45, 2.75) is 31.7 Å². The van der Waals surface area contributed by atoms with E-state index in [1.807, 2.05) is 30.3 Å². The molecule has 2 fully saturated rings. The van der Waals surface area contributed by atoms with E-state index < -0.39 is 5.92 Å². The monoisotopic (exact) mass is 391 g/mol. The van der Waals surface area contributed by atoms with Crippen LogP contribution >= 0.6 is 0 Å². The quantitative estimate of drug-likeness (QED) is 0.718. The molecule has 1 heterocycles. The summed E-state index contributed by atoms with van der Waals surface area (Å²) in [6.45, 7) is 1.55. The molecule has 5 atom stereocenters. The lowest BCUT2D eigenvalue weighted by molar-refractivity contribution is -0.180. The topological polar surface area (TPSA) is 74.3 Å². The molecule has 3 rings (SSSR count). The van der Waals surface area contributed by atoms with Gasteiger partial charge in [0, 0.05) is 20.2 Å². The zero-order valence-corrected chi connectivity index (χ0v) is 16.7. The first-order valence-electron chi connectivity index (χ1n) is 9.68. The van der Waals surface area contributed by atoms with Gasteiger partial charge in [0.1, 0.15) is 0 Å². The van der Waals surface area contributed by atoms with Crippen LogP contribution in [0, 0.1) is 17.8 Å². The molecule has 7 nitrogen and oxygen atoms in total. The predicted molar refractivity (Wildman–Crippen MR) is 102 cm³/mol. The maximum Gasteiger partial charge on any atom is 0.409 e. The van der Waals surface area contributed by atoms with Crippen molar-refractivity contribution in [3.05, 3.63) is 35.9 Å². The van der Waals surface area contributed by atoms with Crippen LogP contribution in [-0.2, 0) is 30.3 Å². The van der Waals surface area contributed by atoms with E-state index in [1.165, 1.54) is 14.2 Å². The lowest BCUT2D eigenvalue weighted by atomic mass is 9.66. The summed E-state index contributed by atoms with van der Waals surface area (Å²) in [7, 11) is 4.41. The average molecular weight is 391 g/mol. The number of likely N-dealkylation sites (tertiary alicyclic amines) is 1. The molecule has 2 aliphatic rings. The van der Waals surface area contributed by atoms with Gasteiger partial charge in [0.25, 0.3) is 0 Å². The summed E-state index contributed by atoms with van der Waals surface area (Å²) in [5.74, 6) is -0.463. The molecule has 1 saturated carbocycles. The normalized spacial score (nSPS) is 29.7. The number of piperidine rings is 1. The van der Waals surface area contributed by atoms with E-state index in [0.717, 1.165) is 12.0 Å². The number of hydrogen-bond donors (Lipinski definition) is 0. The molecular formula is C21H29NO6. The minimum absolute atomic E-state index is 0.0925. The Morgan fingerprint density at radius 1 is 1.11 bits per heavy atom. The molecule has 154 valence electrons. The van der Waals surface area contributed by atoms with Crippen LogP contribution in [0.5, 0.6) is 0 Å². The van der Waals surface area contributed by atoms with E-state index in [0.29, 0.717) is 26.1 Å². The van der Waals surface area contributed by atoms with Gasteiger partial charge >= 0.3 is 12.1 Å². The summed E-state index contributed by atoms with van der Waals surface area (Å²) in [5, 5.41) is 0. The van der Waals surface area contributed by atoms with Crippen LogP contribution in [0.15, 0.2) is 30.3 Å². The second-order valence-corrected chi connectivity index (χ2v) is 7.45. The van der Waals surface area contributed by atoms with Crippen LogP contribution in [0.1, 0.15) is 18.4 Å². The minimum atomic E-state index is -0.408. The Labute approximate surface area is 165 Å². The second-order valence-electron chi connectivity index (χ2n) is 7.45. The van der Waals surface area contributed by atoms with Gasteiger partial charge in [-0.05, 0) is 30.2 Å². The van der Waals surface area contributed by atoms with Crippen LogP contribution in [0.4, 0.5) is 4.79 Å². The molecule has 1 aliphatic heterocycles. The largest absolute Gasteiger partial charge is 0.469 e.